The first-order chi connectivity index (χ1) is 14.1. The summed E-state index contributed by atoms with van der Waals surface area (Å²) in [6.45, 7) is 14.8. The van der Waals surface area contributed by atoms with Crippen molar-refractivity contribution in [2.75, 3.05) is 7.05 Å². The molecule has 0 bridgehead atoms. The fourth-order valence-corrected chi connectivity index (χ4v) is 3.38. The van der Waals surface area contributed by atoms with E-state index in [4.69, 9.17) is 0 Å². The smallest absolute Gasteiger partial charge is 0.331 e. The molecule has 1 aromatic carbocycles. The number of rotatable bonds is 8. The van der Waals surface area contributed by atoms with Gasteiger partial charge in [-0.25, -0.2) is 4.79 Å². The maximum absolute atomic E-state index is 13.5. The van der Waals surface area contributed by atoms with Gasteiger partial charge in [-0.2, -0.15) is 0 Å². The van der Waals surface area contributed by atoms with Gasteiger partial charge < -0.3 is 15.3 Å². The van der Waals surface area contributed by atoms with Crippen LogP contribution in [0.15, 0.2) is 42.0 Å². The number of carbonyl (C=O) groups excluding carboxylic acids is 2. The molecule has 2 N–H and O–H groups in total. The number of likely N-dealkylation sites (N-methyl/N-ethyl adjacent to an activating group) is 1. The molecule has 0 radical (unpaired) electrons. The summed E-state index contributed by atoms with van der Waals surface area (Å²) in [5.74, 6) is -1.51. The van der Waals surface area contributed by atoms with Gasteiger partial charge in [-0.3, -0.25) is 9.59 Å². The highest BCUT2D eigenvalue weighted by molar-refractivity contribution is 5.93. The Balaban J connectivity index is 3.24. The molecule has 0 aliphatic rings. The lowest BCUT2D eigenvalue weighted by molar-refractivity contribution is -0.141. The van der Waals surface area contributed by atoms with E-state index in [1.165, 1.54) is 6.92 Å². The van der Waals surface area contributed by atoms with Crippen LogP contribution in [-0.4, -0.2) is 46.9 Å². The van der Waals surface area contributed by atoms with E-state index in [1.807, 2.05) is 78.8 Å². The van der Waals surface area contributed by atoms with Crippen molar-refractivity contribution in [1.82, 2.24) is 10.2 Å². The van der Waals surface area contributed by atoms with Crippen molar-refractivity contribution in [3.05, 3.63) is 47.5 Å². The Morgan fingerprint density at radius 2 is 1.55 bits per heavy atom. The van der Waals surface area contributed by atoms with Crippen molar-refractivity contribution < 1.29 is 19.5 Å². The van der Waals surface area contributed by atoms with E-state index >= 15 is 0 Å². The molecule has 0 aromatic heterocycles. The lowest BCUT2D eigenvalue weighted by atomic mass is 9.81. The Kier molecular flexibility index (Phi) is 8.62. The number of nitrogens with zero attached hydrogens (tertiary/aromatic N) is 1. The number of carboxylic acids is 1. The van der Waals surface area contributed by atoms with E-state index in [1.54, 1.807) is 18.0 Å². The second-order valence-corrected chi connectivity index (χ2v) is 10.1. The Bertz CT molecular complexity index is 820. The fourth-order valence-electron chi connectivity index (χ4n) is 3.38. The summed E-state index contributed by atoms with van der Waals surface area (Å²) < 4.78 is 0. The van der Waals surface area contributed by atoms with Crippen molar-refractivity contribution in [3.8, 4) is 0 Å². The summed E-state index contributed by atoms with van der Waals surface area (Å²) in [6, 6.07) is 8.28. The Morgan fingerprint density at radius 1 is 1.03 bits per heavy atom. The molecular formula is C25H38N2O4. The van der Waals surface area contributed by atoms with E-state index < -0.39 is 28.9 Å². The minimum absolute atomic E-state index is 0.000305. The van der Waals surface area contributed by atoms with Crippen LogP contribution in [0.3, 0.4) is 0 Å². The van der Waals surface area contributed by atoms with Crippen molar-refractivity contribution in [3.63, 3.8) is 0 Å². The van der Waals surface area contributed by atoms with Gasteiger partial charge >= 0.3 is 5.97 Å². The monoisotopic (exact) mass is 430 g/mol. The van der Waals surface area contributed by atoms with Gasteiger partial charge in [0.1, 0.15) is 6.04 Å². The molecule has 0 aliphatic heterocycles. The van der Waals surface area contributed by atoms with E-state index in [0.717, 1.165) is 5.56 Å². The summed E-state index contributed by atoms with van der Waals surface area (Å²) >= 11 is 0. The third kappa shape index (κ3) is 6.68. The summed E-state index contributed by atoms with van der Waals surface area (Å²) in [6.07, 6.45) is 1.60. The highest BCUT2D eigenvalue weighted by atomic mass is 16.4. The van der Waals surface area contributed by atoms with Crippen LogP contribution in [0, 0.1) is 11.3 Å². The predicted molar refractivity (Wildman–Crippen MR) is 124 cm³/mol. The van der Waals surface area contributed by atoms with Gasteiger partial charge in [0.2, 0.25) is 11.8 Å². The molecule has 0 heterocycles. The Hall–Kier alpha value is -2.63. The number of amides is 2. The average molecular weight is 431 g/mol. The maximum Gasteiger partial charge on any atom is 0.331 e. The van der Waals surface area contributed by atoms with E-state index in [-0.39, 0.29) is 23.3 Å². The molecule has 31 heavy (non-hydrogen) atoms. The lowest BCUT2D eigenvalue weighted by Crippen LogP contribution is -2.58. The normalized spacial score (nSPS) is 14.7. The molecule has 6 nitrogen and oxygen atoms in total. The van der Waals surface area contributed by atoms with Crippen molar-refractivity contribution >= 4 is 17.8 Å². The van der Waals surface area contributed by atoms with Crippen LogP contribution in [0.2, 0.25) is 0 Å². The number of hydrogen-bond acceptors (Lipinski definition) is 3. The highest BCUT2D eigenvalue weighted by Gasteiger charge is 2.40. The third-order valence-electron chi connectivity index (χ3n) is 5.69. The summed E-state index contributed by atoms with van der Waals surface area (Å²) in [5, 5.41) is 12.2. The largest absolute Gasteiger partial charge is 0.478 e. The molecular weight excluding hydrogens is 392 g/mol. The third-order valence-corrected chi connectivity index (χ3v) is 5.69. The number of carboxylic acid groups (broad SMARTS) is 1. The molecule has 6 heteroatoms. The lowest BCUT2D eigenvalue weighted by Gasteiger charge is -2.39. The first-order valence-electron chi connectivity index (χ1n) is 10.7. The number of hydrogen-bond donors (Lipinski definition) is 2. The van der Waals surface area contributed by atoms with Gasteiger partial charge in [-0.15, -0.1) is 0 Å². The van der Waals surface area contributed by atoms with Crippen LogP contribution in [0.1, 0.15) is 61.0 Å². The summed E-state index contributed by atoms with van der Waals surface area (Å²) in [5.41, 5.74) is -0.317. The van der Waals surface area contributed by atoms with Gasteiger partial charge in [-0.1, -0.05) is 71.0 Å². The van der Waals surface area contributed by atoms with Gasteiger partial charge in [0.05, 0.1) is 11.5 Å². The second-order valence-electron chi connectivity index (χ2n) is 10.1. The minimum atomic E-state index is -1.02. The molecule has 1 rings (SSSR count). The topological polar surface area (TPSA) is 86.7 Å². The zero-order chi connectivity index (χ0) is 24.1. The van der Waals surface area contributed by atoms with Gasteiger partial charge in [0, 0.05) is 12.6 Å². The molecule has 0 spiro atoms. The van der Waals surface area contributed by atoms with Crippen molar-refractivity contribution in [1.29, 1.82) is 0 Å². The van der Waals surface area contributed by atoms with Crippen molar-refractivity contribution in [2.24, 2.45) is 11.3 Å². The molecule has 2 atom stereocenters. The molecule has 0 aliphatic carbocycles. The fraction of sp³-hybridized carbons (Fsp3) is 0.560. The molecule has 0 saturated heterocycles. The quantitative estimate of drug-likeness (QED) is 0.610. The van der Waals surface area contributed by atoms with E-state index in [2.05, 4.69) is 5.32 Å². The van der Waals surface area contributed by atoms with Crippen LogP contribution in [-0.2, 0) is 19.8 Å². The van der Waals surface area contributed by atoms with Crippen LogP contribution >= 0.6 is 0 Å². The molecule has 1 aromatic rings. The standard InChI is InChI=1S/C25H38N2O4/c1-16(2)19(15-17(3)22(29)30)27(9)21(28)20(24(4,5)6)26-23(31)25(7,8)18-13-11-10-12-14-18/h10-16,19-20H,1-9H3,(H,26,31)(H,29,30)/b17-15+/t19-,20-/m1/s1. The average Bonchev–Trinajstić information content (AvgIpc) is 2.68. The van der Waals surface area contributed by atoms with Gasteiger partial charge in [0.25, 0.3) is 0 Å². The molecule has 2 amide bonds. The molecule has 0 saturated carbocycles. The highest BCUT2D eigenvalue weighted by Crippen LogP contribution is 2.27. The van der Waals surface area contributed by atoms with Crippen LogP contribution in [0.5, 0.6) is 0 Å². The van der Waals surface area contributed by atoms with Gasteiger partial charge in [-0.05, 0) is 37.7 Å². The van der Waals surface area contributed by atoms with Crippen molar-refractivity contribution in [2.45, 2.75) is 72.9 Å². The zero-order valence-electron chi connectivity index (χ0n) is 20.3. The maximum atomic E-state index is 13.5. The SMILES string of the molecule is C/C(=C\[C@H](C(C)C)N(C)C(=O)[C@@H](NC(=O)C(C)(C)c1ccccc1)C(C)(C)C)C(=O)O. The number of benzene rings is 1. The molecule has 0 unspecified atom stereocenters. The van der Waals surface area contributed by atoms with Gasteiger partial charge in [0.15, 0.2) is 0 Å². The first kappa shape index (κ1) is 26.4. The zero-order valence-corrected chi connectivity index (χ0v) is 20.3. The molecule has 0 fully saturated rings. The number of aliphatic carboxylic acids is 1. The number of carbonyl (C=O) groups is 3. The Labute approximate surface area is 186 Å². The predicted octanol–water partition coefficient (Wildman–Crippen LogP) is 4.01. The summed E-state index contributed by atoms with van der Waals surface area (Å²) in [4.78, 5) is 39.6. The second kappa shape index (κ2) is 10.1. The van der Waals surface area contributed by atoms with Crippen LogP contribution in [0.4, 0.5) is 0 Å². The van der Waals surface area contributed by atoms with Crippen LogP contribution in [0.25, 0.3) is 0 Å². The number of nitrogens with one attached hydrogen (secondary N) is 1. The molecule has 172 valence electrons. The first-order valence-corrected chi connectivity index (χ1v) is 10.7. The van der Waals surface area contributed by atoms with E-state index in [0.29, 0.717) is 0 Å². The Morgan fingerprint density at radius 3 is 1.97 bits per heavy atom. The van der Waals surface area contributed by atoms with E-state index in [9.17, 15) is 19.5 Å². The summed E-state index contributed by atoms with van der Waals surface area (Å²) in [7, 11) is 1.66. The minimum Gasteiger partial charge on any atom is -0.478 e. The van der Waals surface area contributed by atoms with Crippen LogP contribution < -0.4 is 5.32 Å².